The summed E-state index contributed by atoms with van der Waals surface area (Å²) in [6.07, 6.45) is 0.107. The van der Waals surface area contributed by atoms with E-state index in [1.165, 1.54) is 34.4 Å². The number of benzene rings is 1. The van der Waals surface area contributed by atoms with Gasteiger partial charge in [-0.05, 0) is 24.6 Å². The minimum atomic E-state index is -4.17. The number of sulfone groups is 1. The summed E-state index contributed by atoms with van der Waals surface area (Å²) in [5, 5.41) is 0. The Morgan fingerprint density at radius 2 is 1.84 bits per heavy atom. The van der Waals surface area contributed by atoms with E-state index in [0.717, 1.165) is 0 Å². The summed E-state index contributed by atoms with van der Waals surface area (Å²) in [4.78, 5) is 23.8. The zero-order valence-corrected chi connectivity index (χ0v) is 15.2. The Morgan fingerprint density at radius 1 is 1.20 bits per heavy atom. The molecular formula is C14H17N3O6S2. The van der Waals surface area contributed by atoms with Crippen molar-refractivity contribution in [1.29, 1.82) is 0 Å². The van der Waals surface area contributed by atoms with Crippen LogP contribution in [0.5, 0.6) is 0 Å². The number of aryl methyl sites for hydroxylation is 2. The van der Waals surface area contributed by atoms with Crippen molar-refractivity contribution >= 4 is 36.8 Å². The molecule has 1 aromatic heterocycles. The molecule has 0 spiro atoms. The molecule has 3 rings (SSSR count). The van der Waals surface area contributed by atoms with Gasteiger partial charge < -0.3 is 0 Å². The standard InChI is InChI=1S/C14H17N3O6S2/c1-16-11-4-3-10(7-12(11)17(2)14(16)19)25(22,23)15-13(18)9-5-6-24(20,21)8-9/h3-4,7,9H,5-6,8H2,1-2H3,(H,15,18). The third-order valence-electron chi connectivity index (χ3n) is 4.39. The first-order valence-corrected chi connectivity index (χ1v) is 10.7. The molecular weight excluding hydrogens is 370 g/mol. The average molecular weight is 387 g/mol. The van der Waals surface area contributed by atoms with E-state index in [-0.39, 0.29) is 28.5 Å². The second kappa shape index (κ2) is 5.70. The molecule has 0 saturated carbocycles. The van der Waals surface area contributed by atoms with Crippen LogP contribution in [0.1, 0.15) is 6.42 Å². The van der Waals surface area contributed by atoms with Crippen molar-refractivity contribution in [1.82, 2.24) is 13.9 Å². The quantitative estimate of drug-likeness (QED) is 0.729. The first-order valence-electron chi connectivity index (χ1n) is 7.44. The smallest absolute Gasteiger partial charge is 0.295 e. The fourth-order valence-corrected chi connectivity index (χ4v) is 5.73. The summed E-state index contributed by atoms with van der Waals surface area (Å²) in [5.41, 5.74) is 0.663. The van der Waals surface area contributed by atoms with Gasteiger partial charge in [0.15, 0.2) is 9.84 Å². The summed E-state index contributed by atoms with van der Waals surface area (Å²) in [6, 6.07) is 4.08. The number of amides is 1. The van der Waals surface area contributed by atoms with Crippen molar-refractivity contribution in [2.24, 2.45) is 20.0 Å². The molecule has 25 heavy (non-hydrogen) atoms. The van der Waals surface area contributed by atoms with Crippen molar-refractivity contribution in [3.05, 3.63) is 28.7 Å². The van der Waals surface area contributed by atoms with E-state index in [2.05, 4.69) is 0 Å². The van der Waals surface area contributed by atoms with Crippen molar-refractivity contribution in [3.8, 4) is 0 Å². The lowest BCUT2D eigenvalue weighted by molar-refractivity contribution is -0.122. The van der Waals surface area contributed by atoms with Gasteiger partial charge in [-0.3, -0.25) is 13.9 Å². The Kier molecular flexibility index (Phi) is 4.03. The third-order valence-corrected chi connectivity index (χ3v) is 7.50. The SMILES string of the molecule is Cn1c(=O)n(C)c2cc(S(=O)(=O)NC(=O)C3CCS(=O)(=O)C3)ccc21. The van der Waals surface area contributed by atoms with Gasteiger partial charge in [-0.25, -0.2) is 26.4 Å². The van der Waals surface area contributed by atoms with E-state index in [9.17, 15) is 26.4 Å². The maximum absolute atomic E-state index is 12.4. The van der Waals surface area contributed by atoms with Gasteiger partial charge in [0.1, 0.15) is 0 Å². The van der Waals surface area contributed by atoms with Crippen LogP contribution in [-0.4, -0.2) is 43.4 Å². The maximum Gasteiger partial charge on any atom is 0.328 e. The zero-order chi connectivity index (χ0) is 18.6. The number of hydrogen-bond acceptors (Lipinski definition) is 6. The lowest BCUT2D eigenvalue weighted by atomic mass is 10.1. The number of nitrogens with zero attached hydrogens (tertiary/aromatic N) is 2. The summed E-state index contributed by atoms with van der Waals surface area (Å²) < 4.78 is 52.4. The number of imidazole rings is 1. The predicted octanol–water partition coefficient (Wildman–Crippen LogP) is -0.883. The molecule has 11 heteroatoms. The maximum atomic E-state index is 12.4. The van der Waals surface area contributed by atoms with Crippen molar-refractivity contribution in [2.45, 2.75) is 11.3 Å². The molecule has 1 fully saturated rings. The number of carbonyl (C=O) groups excluding carboxylic acids is 1. The molecule has 0 bridgehead atoms. The fourth-order valence-electron chi connectivity index (χ4n) is 2.93. The van der Waals surface area contributed by atoms with Crippen LogP contribution in [-0.2, 0) is 38.8 Å². The highest BCUT2D eigenvalue weighted by molar-refractivity contribution is 7.91. The molecule has 1 unspecified atom stereocenters. The highest BCUT2D eigenvalue weighted by Crippen LogP contribution is 2.21. The van der Waals surface area contributed by atoms with Crippen LogP contribution in [0.2, 0.25) is 0 Å². The number of sulfonamides is 1. The number of nitrogens with one attached hydrogen (secondary N) is 1. The van der Waals surface area contributed by atoms with Crippen molar-refractivity contribution < 1.29 is 21.6 Å². The van der Waals surface area contributed by atoms with Gasteiger partial charge in [0.05, 0.1) is 33.4 Å². The van der Waals surface area contributed by atoms with Gasteiger partial charge in [0.2, 0.25) is 5.91 Å². The highest BCUT2D eigenvalue weighted by Gasteiger charge is 2.35. The summed E-state index contributed by atoms with van der Waals surface area (Å²) in [7, 11) is -4.37. The lowest BCUT2D eigenvalue weighted by Crippen LogP contribution is -2.36. The van der Waals surface area contributed by atoms with Crippen molar-refractivity contribution in [3.63, 3.8) is 0 Å². The summed E-state index contributed by atoms with van der Waals surface area (Å²) in [6.45, 7) is 0. The first-order chi connectivity index (χ1) is 11.5. The van der Waals surface area contributed by atoms with Crippen LogP contribution in [0.4, 0.5) is 0 Å². The molecule has 2 heterocycles. The normalized spacial score (nSPS) is 20.0. The van der Waals surface area contributed by atoms with E-state index in [0.29, 0.717) is 11.0 Å². The van der Waals surface area contributed by atoms with Gasteiger partial charge in [-0.1, -0.05) is 0 Å². The van der Waals surface area contributed by atoms with Crippen molar-refractivity contribution in [2.75, 3.05) is 11.5 Å². The summed E-state index contributed by atoms with van der Waals surface area (Å²) in [5.74, 6) is -2.17. The largest absolute Gasteiger partial charge is 0.328 e. The second-order valence-electron chi connectivity index (χ2n) is 6.12. The predicted molar refractivity (Wildman–Crippen MR) is 90.2 cm³/mol. The van der Waals surface area contributed by atoms with E-state index in [1.54, 1.807) is 7.05 Å². The Bertz CT molecular complexity index is 1140. The van der Waals surface area contributed by atoms with E-state index >= 15 is 0 Å². The van der Waals surface area contributed by atoms with Crippen LogP contribution in [0.25, 0.3) is 11.0 Å². The monoisotopic (exact) mass is 387 g/mol. The summed E-state index contributed by atoms with van der Waals surface area (Å²) >= 11 is 0. The minimum absolute atomic E-state index is 0.107. The van der Waals surface area contributed by atoms with E-state index in [1.807, 2.05) is 4.72 Å². The van der Waals surface area contributed by atoms with Crippen LogP contribution >= 0.6 is 0 Å². The fraction of sp³-hybridized carbons (Fsp3) is 0.429. The molecule has 0 aliphatic carbocycles. The van der Waals surface area contributed by atoms with E-state index < -0.39 is 31.7 Å². The zero-order valence-electron chi connectivity index (χ0n) is 13.6. The van der Waals surface area contributed by atoms with Gasteiger partial charge in [-0.15, -0.1) is 0 Å². The Labute approximate surface area is 144 Å². The molecule has 1 saturated heterocycles. The highest BCUT2D eigenvalue weighted by atomic mass is 32.2. The Morgan fingerprint density at radius 3 is 2.44 bits per heavy atom. The van der Waals surface area contributed by atoms with Gasteiger partial charge >= 0.3 is 5.69 Å². The average Bonchev–Trinajstić information content (AvgIpc) is 3.00. The van der Waals surface area contributed by atoms with Crippen LogP contribution in [0.3, 0.4) is 0 Å². The molecule has 2 aromatic rings. The molecule has 1 atom stereocenters. The minimum Gasteiger partial charge on any atom is -0.295 e. The number of hydrogen-bond donors (Lipinski definition) is 1. The topological polar surface area (TPSA) is 124 Å². The number of rotatable bonds is 3. The third kappa shape index (κ3) is 3.09. The Hall–Kier alpha value is -2.14. The molecule has 0 radical (unpaired) electrons. The number of carbonyl (C=O) groups is 1. The molecule has 136 valence electrons. The van der Waals surface area contributed by atoms with Gasteiger partial charge in [0, 0.05) is 14.1 Å². The van der Waals surface area contributed by atoms with Crippen LogP contribution < -0.4 is 10.4 Å². The molecule has 1 N–H and O–H groups in total. The second-order valence-corrected chi connectivity index (χ2v) is 10.0. The van der Waals surface area contributed by atoms with Gasteiger partial charge in [0.25, 0.3) is 10.0 Å². The number of aromatic nitrogens is 2. The molecule has 1 aromatic carbocycles. The van der Waals surface area contributed by atoms with Crippen LogP contribution in [0.15, 0.2) is 27.9 Å². The van der Waals surface area contributed by atoms with Crippen LogP contribution in [0, 0.1) is 5.92 Å². The van der Waals surface area contributed by atoms with E-state index in [4.69, 9.17) is 0 Å². The lowest BCUT2D eigenvalue weighted by Gasteiger charge is -2.10. The molecule has 1 aliphatic heterocycles. The number of fused-ring (bicyclic) bond motifs is 1. The molecule has 9 nitrogen and oxygen atoms in total. The first kappa shape index (κ1) is 17.7. The Balaban J connectivity index is 1.92. The molecule has 1 amide bonds. The molecule has 1 aliphatic rings. The van der Waals surface area contributed by atoms with Gasteiger partial charge in [-0.2, -0.15) is 0 Å².